The molecular weight excluding hydrogens is 1970 g/mol. The Bertz CT molecular complexity index is 8010. The minimum Gasteiger partial charge on any atom is -0.307 e. The van der Waals surface area contributed by atoms with Crippen LogP contribution in [0.3, 0.4) is 0 Å². The summed E-state index contributed by atoms with van der Waals surface area (Å²) in [6.07, 6.45) is 0. The average molecular weight is 2100 g/mol. The zero-order chi connectivity index (χ0) is 106. The Balaban J connectivity index is 0.000000186. The smallest absolute Gasteiger partial charge is 0.150 e. The lowest BCUT2D eigenvalue weighted by atomic mass is 9.91. The van der Waals surface area contributed by atoms with Crippen molar-refractivity contribution in [2.75, 3.05) is 19.6 Å². The topological polar surface area (TPSA) is 13.0 Å². The first-order valence-corrected chi connectivity index (χ1v) is 79.2. The molecule has 20 heteroatoms. The predicted octanol–water partition coefficient (Wildman–Crippen LogP) is 35.2. The zero-order valence-corrected chi connectivity index (χ0v) is 97.1. The van der Waals surface area contributed by atoms with Gasteiger partial charge < -0.3 is 19.6 Å². The highest BCUT2D eigenvalue weighted by molar-refractivity contribution is 6.92. The average Bonchev–Trinajstić information content (AvgIpc) is 0.715. The lowest BCUT2D eigenvalue weighted by Gasteiger charge is -2.32. The summed E-state index contributed by atoms with van der Waals surface area (Å²) >= 11 is 0. The molecule has 0 amide bonds. The van der Waals surface area contributed by atoms with Gasteiger partial charge in [0.1, 0.15) is 23.3 Å². The van der Waals surface area contributed by atoms with Crippen LogP contribution >= 0.6 is 0 Å². The van der Waals surface area contributed by atoms with Gasteiger partial charge in [0.05, 0.1) is 110 Å². The summed E-state index contributed by atoms with van der Waals surface area (Å²) in [5, 5.41) is 21.0. The number of halogens is 8. The molecule has 0 aliphatic carbocycles. The fourth-order valence-corrected chi connectivity index (χ4v) is 30.3. The van der Waals surface area contributed by atoms with Crippen LogP contribution in [0.2, 0.25) is 157 Å². The van der Waals surface area contributed by atoms with Crippen LogP contribution in [0, 0.1) is 46.5 Å². The number of hydrogen-bond donors (Lipinski definition) is 0. The summed E-state index contributed by atoms with van der Waals surface area (Å²) in [5.74, 6) is -5.33. The molecule has 0 aliphatic rings. The van der Waals surface area contributed by atoms with Crippen molar-refractivity contribution >= 4 is 239 Å². The van der Waals surface area contributed by atoms with E-state index in [2.05, 4.69) is 376 Å². The van der Waals surface area contributed by atoms with E-state index >= 15 is 35.1 Å². The molecule has 0 aliphatic heterocycles. The van der Waals surface area contributed by atoms with Gasteiger partial charge in [0.2, 0.25) is 0 Å². The molecule has 0 spiro atoms. The van der Waals surface area contributed by atoms with Crippen molar-refractivity contribution in [3.63, 3.8) is 0 Å². The van der Waals surface area contributed by atoms with Crippen LogP contribution in [0.1, 0.15) is 0 Å². The molecule has 4 nitrogen and oxygen atoms in total. The van der Waals surface area contributed by atoms with Crippen molar-refractivity contribution in [3.05, 3.63) is 386 Å². The molecule has 20 aromatic carbocycles. The fraction of sp³-hybridized carbons (Fsp3) is 0.188. The molecule has 148 heavy (non-hydrogen) atoms. The second-order valence-electron chi connectivity index (χ2n) is 48.2. The van der Waals surface area contributed by atoms with Gasteiger partial charge >= 0.3 is 0 Å². The van der Waals surface area contributed by atoms with Gasteiger partial charge in [-0.05, 0) is 162 Å². The van der Waals surface area contributed by atoms with Gasteiger partial charge in [-0.2, -0.15) is 0 Å². The summed E-state index contributed by atoms with van der Waals surface area (Å²) in [5.41, 5.74) is 11.5. The molecule has 0 bridgehead atoms. The van der Waals surface area contributed by atoms with Crippen molar-refractivity contribution in [2.45, 2.75) is 157 Å². The maximum absolute atomic E-state index is 17.3. The van der Waals surface area contributed by atoms with E-state index in [0.717, 1.165) is 146 Å². The molecule has 748 valence electrons. The molecule has 0 saturated carbocycles. The van der Waals surface area contributed by atoms with E-state index in [9.17, 15) is 0 Å². The van der Waals surface area contributed by atoms with Gasteiger partial charge in [-0.3, -0.25) is 0 Å². The summed E-state index contributed by atoms with van der Waals surface area (Å²) in [7, 11) is -14.0. The normalized spacial score (nSPS) is 12.6. The Morgan fingerprint density at radius 2 is 0.345 bits per heavy atom. The molecular formula is C128H128F8N4Si8. The molecule has 0 radical (unpaired) electrons. The molecule has 0 fully saturated rings. The summed E-state index contributed by atoms with van der Waals surface area (Å²) < 4.78 is 132. The van der Waals surface area contributed by atoms with Crippen molar-refractivity contribution in [3.8, 4) is 44.5 Å². The van der Waals surface area contributed by atoms with Crippen molar-refractivity contribution < 1.29 is 35.1 Å². The number of anilines is 12. The monoisotopic (exact) mass is 2100 g/mol. The van der Waals surface area contributed by atoms with Gasteiger partial charge in [-0.25, -0.2) is 35.1 Å². The van der Waals surface area contributed by atoms with Crippen LogP contribution in [0.15, 0.2) is 340 Å². The Morgan fingerprint density at radius 3 is 0.541 bits per heavy atom. The Kier molecular flexibility index (Phi) is 27.1. The van der Waals surface area contributed by atoms with Crippen LogP contribution in [-0.2, 0) is 0 Å². The summed E-state index contributed by atoms with van der Waals surface area (Å²) in [4.78, 5) is 7.84. The predicted molar refractivity (Wildman–Crippen MR) is 644 cm³/mol. The highest BCUT2D eigenvalue weighted by Crippen LogP contribution is 2.56. The number of rotatable bonds is 24. The van der Waals surface area contributed by atoms with Crippen LogP contribution in [0.25, 0.3) is 109 Å². The van der Waals surface area contributed by atoms with Gasteiger partial charge in [0, 0.05) is 90.8 Å². The standard InChI is InChI=1S/2C64H64F4N2Si4/c1-71(2,3)49-25-13-41(14-26-49)55-37-45(65)39-57(67)63(55)69(47-21-29-51(30-22-47)73(7,8)9)59-35-19-43-18-34-54-60(36-20-44-17-33-53(59)61(43)62(44)54)70(48-23-31-52(32-24-48)74(10,11)12)64-56(38-46(66)40-58(64)68)42-15-27-50(28-16-42)72(4,5)6;1-71(2,3)49-27-23-47(24-28-49)69(63-55(37-45(65)39-57(63)67)43-15-13-17-51(35-43)73(7,8)9)59-33-21-41-20-32-54-60(34-22-42-19-31-53(59)61(41)62(42)54)70(48-25-29-50(30-26-48)72(4,5)6)64-56(38-46(66)40-58(64)68)44-16-14-18-52(36-44)74(10,11)12/h2*13-40H,1-12H3. The lowest BCUT2D eigenvalue weighted by Crippen LogP contribution is -2.37. The number of hydrogen-bond acceptors (Lipinski definition) is 4. The van der Waals surface area contributed by atoms with E-state index in [-0.39, 0.29) is 22.7 Å². The second-order valence-corrected chi connectivity index (χ2v) is 88.8. The molecule has 0 heterocycles. The first kappa shape index (κ1) is 103. The minimum atomic E-state index is -1.83. The maximum Gasteiger partial charge on any atom is 0.150 e. The van der Waals surface area contributed by atoms with Crippen molar-refractivity contribution in [2.24, 2.45) is 0 Å². The third-order valence-corrected chi connectivity index (χ3v) is 45.9. The van der Waals surface area contributed by atoms with E-state index < -0.39 is 111 Å². The minimum absolute atomic E-state index is 0.244. The summed E-state index contributed by atoms with van der Waals surface area (Å²) in [6.45, 7) is 55.0. The number of nitrogens with zero attached hydrogens (tertiary/aromatic N) is 4. The van der Waals surface area contributed by atoms with Gasteiger partial charge in [0.15, 0.2) is 23.3 Å². The SMILES string of the molecule is C[Si](C)(C)c1ccc(-c2cc(F)cc(F)c2N(c2ccc([Si](C)(C)C)cc2)c2ccc3ccc4c(N(c5ccc([Si](C)(C)C)cc5)c5c(F)cc(F)cc5-c5ccc([Si](C)(C)C)cc5)ccc5ccc2c3c54)cc1.C[Si](C)(C)c1ccc(N(c2c(F)cc(F)cc2-c2cccc([Si](C)(C)C)c2)c2ccc3ccc4c(N(c5ccc([Si](C)(C)C)cc5)c5c(F)cc(F)cc5-c5cccc([Si](C)(C)C)c5)ccc5ccc2c3c54)cc1. The molecule has 0 saturated heterocycles. The van der Waals surface area contributed by atoms with E-state index in [1.54, 1.807) is 0 Å². The summed E-state index contributed by atoms with van der Waals surface area (Å²) in [6, 6.07) is 109. The van der Waals surface area contributed by atoms with E-state index in [0.29, 0.717) is 33.4 Å². The van der Waals surface area contributed by atoms with Gasteiger partial charge in [0.25, 0.3) is 0 Å². The molecule has 0 N–H and O–H groups in total. The first-order valence-electron chi connectivity index (χ1n) is 51.2. The largest absolute Gasteiger partial charge is 0.307 e. The molecule has 0 unspecified atom stereocenters. The van der Waals surface area contributed by atoms with Crippen LogP contribution in [-0.4, -0.2) is 64.6 Å². The van der Waals surface area contributed by atoms with Gasteiger partial charge in [-0.1, -0.05) is 417 Å². The van der Waals surface area contributed by atoms with Crippen LogP contribution < -0.4 is 61.1 Å². The Morgan fingerprint density at radius 1 is 0.162 bits per heavy atom. The molecule has 0 atom stereocenters. The highest BCUT2D eigenvalue weighted by atomic mass is 28.3. The quantitative estimate of drug-likeness (QED) is 0.0340. The van der Waals surface area contributed by atoms with E-state index in [1.807, 2.05) is 92.4 Å². The lowest BCUT2D eigenvalue weighted by molar-refractivity contribution is 0.584. The van der Waals surface area contributed by atoms with Crippen LogP contribution in [0.5, 0.6) is 0 Å². The highest BCUT2D eigenvalue weighted by Gasteiger charge is 2.36. The second kappa shape index (κ2) is 38.8. The van der Waals surface area contributed by atoms with Crippen molar-refractivity contribution in [1.82, 2.24) is 0 Å². The zero-order valence-electron chi connectivity index (χ0n) is 89.1. The third-order valence-electron chi connectivity index (χ3n) is 29.4. The molecule has 20 aromatic rings. The fourth-order valence-electron chi connectivity index (χ4n) is 21.0. The van der Waals surface area contributed by atoms with Crippen LogP contribution in [0.4, 0.5) is 103 Å². The van der Waals surface area contributed by atoms with Gasteiger partial charge in [-0.15, -0.1) is 0 Å². The Labute approximate surface area is 874 Å². The van der Waals surface area contributed by atoms with E-state index in [4.69, 9.17) is 0 Å². The third kappa shape index (κ3) is 20.1. The van der Waals surface area contributed by atoms with Crippen molar-refractivity contribution in [1.29, 1.82) is 0 Å². The van der Waals surface area contributed by atoms with E-state index in [1.165, 1.54) is 65.8 Å². The number of benzene rings is 20. The molecule has 20 rings (SSSR count). The maximum atomic E-state index is 17.3. The first-order chi connectivity index (χ1) is 69.7. The molecule has 0 aromatic heterocycles. The Hall–Kier alpha value is -13.1.